The summed E-state index contributed by atoms with van der Waals surface area (Å²) in [6.45, 7) is 1.10. The van der Waals surface area contributed by atoms with Gasteiger partial charge in [0.15, 0.2) is 0 Å². The standard InChI is InChI=1S/C3H4N.U.W/c1-2-4-3-1;;/h1-2H2;;/q-1;;. The molecule has 0 radical (unpaired) electrons. The van der Waals surface area contributed by atoms with Crippen molar-refractivity contribution in [3.8, 4) is 0 Å². The normalized spacial score (nSPS) is 18.3. The van der Waals surface area contributed by atoms with Crippen LogP contribution >= 0.6 is 0 Å². The van der Waals surface area contributed by atoms with Crippen molar-refractivity contribution in [3.05, 3.63) is 5.32 Å². The van der Waals surface area contributed by atoms with Crippen LogP contribution in [0, 0.1) is 31.1 Å². The molecule has 32 valence electrons. The van der Waals surface area contributed by atoms with Gasteiger partial charge in [-0.15, -0.1) is 0 Å². The minimum absolute atomic E-state index is 0. The molecule has 1 heterocycles. The quantitative estimate of drug-likeness (QED) is 0.483. The molecule has 0 atom stereocenters. The summed E-state index contributed by atoms with van der Waals surface area (Å²) in [5.74, 6) is 0. The van der Waals surface area contributed by atoms with Gasteiger partial charge in [-0.2, -0.15) is 0 Å². The molecule has 0 aromatic rings. The number of hydrogen-bond acceptors (Lipinski definition) is 0. The van der Waals surface area contributed by atoms with E-state index in [1.807, 2.05) is 0 Å². The van der Waals surface area contributed by atoms with Crippen molar-refractivity contribution in [2.75, 3.05) is 6.54 Å². The Morgan fingerprint density at radius 2 is 2.00 bits per heavy atom. The van der Waals surface area contributed by atoms with Gasteiger partial charge >= 0.3 is 41.7 Å². The summed E-state index contributed by atoms with van der Waals surface area (Å²) in [5, 5.41) is 4.02. The van der Waals surface area contributed by atoms with Crippen LogP contribution in [-0.4, -0.2) is 10.6 Å². The maximum atomic E-state index is 4.02. The van der Waals surface area contributed by atoms with Gasteiger partial charge in [0, 0.05) is 31.1 Å². The fourth-order valence-electron chi connectivity index (χ4n) is 0.203. The van der Waals surface area contributed by atoms with E-state index >= 15 is 0 Å². The van der Waals surface area contributed by atoms with Crippen LogP contribution in [0.2, 0.25) is 0 Å². The Morgan fingerprint density at radius 3 is 2.00 bits per heavy atom. The average Bonchev–Trinajstić information content (AvgIpc) is 1.30. The van der Waals surface area contributed by atoms with E-state index in [-0.39, 0.29) is 31.1 Å². The van der Waals surface area contributed by atoms with Crippen molar-refractivity contribution >= 4 is 4.02 Å². The van der Waals surface area contributed by atoms with Crippen molar-refractivity contribution in [1.29, 1.82) is 0 Å². The third-order valence-corrected chi connectivity index (χ3v) is 1.81. The topological polar surface area (TPSA) is 14.1 Å². The van der Waals surface area contributed by atoms with E-state index in [1.165, 1.54) is 10.4 Å². The van der Waals surface area contributed by atoms with Crippen molar-refractivity contribution in [1.82, 2.24) is 0 Å². The Balaban J connectivity index is 0.000000250. The second-order valence-corrected chi connectivity index (χ2v) is 2.72. The number of rotatable bonds is 0. The molecule has 0 aromatic carbocycles. The molecule has 6 heavy (non-hydrogen) atoms. The molecule has 1 fully saturated rings. The number of nitrogens with zero attached hydrogens (tertiary/aromatic N) is 1. The Morgan fingerprint density at radius 1 is 1.67 bits per heavy atom. The van der Waals surface area contributed by atoms with Crippen molar-refractivity contribution in [2.24, 2.45) is 0 Å². The van der Waals surface area contributed by atoms with E-state index in [2.05, 4.69) is 5.32 Å². The van der Waals surface area contributed by atoms with Gasteiger partial charge in [-0.3, -0.25) is 0 Å². The van der Waals surface area contributed by atoms with Gasteiger partial charge in [-0.05, 0) is 0 Å². The number of hydrogen-bond donors (Lipinski definition) is 0. The molecule has 0 unspecified atom stereocenters. The molecule has 1 aliphatic rings. The van der Waals surface area contributed by atoms with Crippen LogP contribution in [0.25, 0.3) is 5.32 Å². The Bertz CT molecular complexity index is 57.8. The average molecular weight is 476 g/mol. The van der Waals surface area contributed by atoms with Crippen molar-refractivity contribution in [2.45, 2.75) is 6.42 Å². The summed E-state index contributed by atoms with van der Waals surface area (Å²) in [6, 6.07) is 0. The molecule has 0 amide bonds. The van der Waals surface area contributed by atoms with E-state index < -0.39 is 0 Å². The van der Waals surface area contributed by atoms with Crippen molar-refractivity contribution < 1.29 is 50.5 Å². The second kappa shape index (κ2) is 3.56. The molecule has 3 heteroatoms. The van der Waals surface area contributed by atoms with Crippen molar-refractivity contribution in [3.63, 3.8) is 0 Å². The minimum atomic E-state index is 0. The summed E-state index contributed by atoms with van der Waals surface area (Å²) in [7, 11) is 0. The van der Waals surface area contributed by atoms with Gasteiger partial charge < -0.3 is 0 Å². The third kappa shape index (κ3) is 2.03. The predicted octanol–water partition coefficient (Wildman–Crippen LogP) is 0.441. The van der Waals surface area contributed by atoms with E-state index in [4.69, 9.17) is 0 Å². The van der Waals surface area contributed by atoms with Gasteiger partial charge in [-0.1, -0.05) is 0 Å². The van der Waals surface area contributed by atoms with E-state index in [0.717, 1.165) is 6.54 Å². The van der Waals surface area contributed by atoms with E-state index in [9.17, 15) is 0 Å². The summed E-state index contributed by atoms with van der Waals surface area (Å²) in [5.41, 5.74) is 0. The van der Waals surface area contributed by atoms with Gasteiger partial charge in [0.1, 0.15) is 0 Å². The first-order chi connectivity index (χ1) is 2.39. The van der Waals surface area contributed by atoms with Crippen LogP contribution in [0.4, 0.5) is 0 Å². The first kappa shape index (κ1) is 7.57. The fourth-order valence-corrected chi connectivity index (χ4v) is 0.859. The van der Waals surface area contributed by atoms with Gasteiger partial charge in [0.25, 0.3) is 0 Å². The predicted molar refractivity (Wildman–Crippen MR) is 17.8 cm³/mol. The molecule has 0 bridgehead atoms. The van der Waals surface area contributed by atoms with Crippen LogP contribution < -0.4 is 0 Å². The first-order valence-corrected chi connectivity index (χ1v) is 3.06. The SMILES string of the molecule is [U].[W]=[C]1CC[N-]1. The summed E-state index contributed by atoms with van der Waals surface area (Å²) in [6.07, 6.45) is 1.27. The maximum absolute atomic E-state index is 4.02. The van der Waals surface area contributed by atoms with Gasteiger partial charge in [0.05, 0.1) is 0 Å². The van der Waals surface area contributed by atoms with Crippen LogP contribution in [0.1, 0.15) is 6.42 Å². The van der Waals surface area contributed by atoms with E-state index in [1.54, 1.807) is 19.4 Å². The Hall–Kier alpha value is 1.57. The van der Waals surface area contributed by atoms with Gasteiger partial charge in [0.2, 0.25) is 0 Å². The molecule has 1 rings (SSSR count). The zero-order chi connectivity index (χ0) is 3.70. The molecular weight excluding hydrogens is 472 g/mol. The molecule has 0 aromatic heterocycles. The van der Waals surface area contributed by atoms with E-state index in [0.29, 0.717) is 0 Å². The molecule has 0 aliphatic carbocycles. The second-order valence-electron chi connectivity index (χ2n) is 1.03. The summed E-state index contributed by atoms with van der Waals surface area (Å²) < 4.78 is 1.39. The zero-order valence-corrected chi connectivity index (χ0v) is 10.4. The molecule has 1 nitrogen and oxygen atoms in total. The molecule has 0 saturated carbocycles. The van der Waals surface area contributed by atoms with Crippen LogP contribution in [0.15, 0.2) is 0 Å². The Labute approximate surface area is 72.0 Å². The van der Waals surface area contributed by atoms with Crippen LogP contribution in [0.3, 0.4) is 0 Å². The van der Waals surface area contributed by atoms with Crippen LogP contribution in [0.5, 0.6) is 0 Å². The molecular formula is C3H4NUW-. The summed E-state index contributed by atoms with van der Waals surface area (Å²) >= 11 is 1.55. The fraction of sp³-hybridized carbons (Fsp3) is 0.667. The molecule has 1 saturated heterocycles. The zero-order valence-electron chi connectivity index (χ0n) is 3.27. The summed E-state index contributed by atoms with van der Waals surface area (Å²) in [4.78, 5) is 0. The van der Waals surface area contributed by atoms with Crippen LogP contribution in [-0.2, 0) is 19.4 Å². The van der Waals surface area contributed by atoms with Gasteiger partial charge in [-0.25, -0.2) is 0 Å². The monoisotopic (exact) mass is 476 g/mol. The third-order valence-electron chi connectivity index (χ3n) is 0.614. The molecule has 0 spiro atoms. The first-order valence-electron chi connectivity index (χ1n) is 1.60. The molecule has 0 N–H and O–H groups in total. The Kier molecular flexibility index (Phi) is 4.49. The molecule has 1 aliphatic heterocycles.